The van der Waals surface area contributed by atoms with Gasteiger partial charge in [-0.05, 0) is 42.7 Å². The van der Waals surface area contributed by atoms with E-state index in [4.69, 9.17) is 11.2 Å². The summed E-state index contributed by atoms with van der Waals surface area (Å²) in [6.07, 6.45) is 11.4. The SMILES string of the molecule is C#CCCCOc1c(F)ccc(CNC(=O)c2ccc(C)c(/C=C\C=C)c2)c1F.CC. The molecule has 0 atom stereocenters. The van der Waals surface area contributed by atoms with Gasteiger partial charge in [0.1, 0.15) is 0 Å². The predicted octanol–water partition coefficient (Wildman–Crippen LogP) is 6.22. The largest absolute Gasteiger partial charge is 0.488 e. The molecule has 0 aliphatic heterocycles. The van der Waals surface area contributed by atoms with Gasteiger partial charge in [-0.2, -0.15) is 0 Å². The molecule has 0 fully saturated rings. The van der Waals surface area contributed by atoms with Gasteiger partial charge in [0.05, 0.1) is 6.61 Å². The van der Waals surface area contributed by atoms with Gasteiger partial charge in [0.15, 0.2) is 17.4 Å². The van der Waals surface area contributed by atoms with Crippen molar-refractivity contribution in [3.05, 3.63) is 83.0 Å². The van der Waals surface area contributed by atoms with E-state index in [1.54, 1.807) is 24.3 Å². The minimum atomic E-state index is -0.829. The van der Waals surface area contributed by atoms with Crippen molar-refractivity contribution in [1.29, 1.82) is 0 Å². The Bertz CT molecular complexity index is 959. The number of nitrogens with one attached hydrogen (secondary N) is 1. The number of ether oxygens (including phenoxy) is 1. The van der Waals surface area contributed by atoms with Crippen LogP contribution in [0.15, 0.2) is 49.1 Å². The maximum atomic E-state index is 14.6. The number of amides is 1. The van der Waals surface area contributed by atoms with Crippen LogP contribution in [0.2, 0.25) is 0 Å². The van der Waals surface area contributed by atoms with Crippen LogP contribution in [0.3, 0.4) is 0 Å². The number of aryl methyl sites for hydroxylation is 1. The molecule has 2 rings (SSSR count). The quantitative estimate of drug-likeness (QED) is 0.294. The van der Waals surface area contributed by atoms with Gasteiger partial charge in [-0.15, -0.1) is 12.3 Å². The normalized spacial score (nSPS) is 10.1. The number of rotatable bonds is 9. The van der Waals surface area contributed by atoms with E-state index >= 15 is 0 Å². The summed E-state index contributed by atoms with van der Waals surface area (Å²) in [4.78, 5) is 12.5. The average Bonchev–Trinajstić information content (AvgIpc) is 2.78. The van der Waals surface area contributed by atoms with Crippen LogP contribution in [0.25, 0.3) is 6.08 Å². The van der Waals surface area contributed by atoms with Gasteiger partial charge in [0, 0.05) is 24.1 Å². The van der Waals surface area contributed by atoms with E-state index in [0.717, 1.165) is 17.2 Å². The third-order valence-electron chi connectivity index (χ3n) is 4.23. The molecule has 0 spiro atoms. The number of allylic oxidation sites excluding steroid dienone is 2. The summed E-state index contributed by atoms with van der Waals surface area (Å²) in [5.41, 5.74) is 2.46. The van der Waals surface area contributed by atoms with Gasteiger partial charge >= 0.3 is 0 Å². The average molecular weight is 426 g/mol. The molecule has 5 heteroatoms. The van der Waals surface area contributed by atoms with Crippen LogP contribution < -0.4 is 10.1 Å². The first kappa shape index (κ1) is 25.6. The van der Waals surface area contributed by atoms with Crippen LogP contribution in [0.5, 0.6) is 5.75 Å². The van der Waals surface area contributed by atoms with E-state index in [-0.39, 0.29) is 24.6 Å². The number of hydrogen-bond donors (Lipinski definition) is 1. The maximum absolute atomic E-state index is 14.6. The number of hydrogen-bond acceptors (Lipinski definition) is 2. The van der Waals surface area contributed by atoms with Crippen molar-refractivity contribution in [1.82, 2.24) is 5.32 Å². The van der Waals surface area contributed by atoms with E-state index in [9.17, 15) is 13.6 Å². The van der Waals surface area contributed by atoms with E-state index in [1.807, 2.05) is 32.9 Å². The highest BCUT2D eigenvalue weighted by Crippen LogP contribution is 2.25. The maximum Gasteiger partial charge on any atom is 0.251 e. The monoisotopic (exact) mass is 425 g/mol. The summed E-state index contributed by atoms with van der Waals surface area (Å²) in [5, 5.41) is 2.65. The molecular weight excluding hydrogens is 396 g/mol. The fraction of sp³-hybridized carbons (Fsp3) is 0.269. The van der Waals surface area contributed by atoms with Crippen LogP contribution >= 0.6 is 0 Å². The van der Waals surface area contributed by atoms with Crippen molar-refractivity contribution in [3.8, 4) is 18.1 Å². The summed E-state index contributed by atoms with van der Waals surface area (Å²) < 4.78 is 33.7. The van der Waals surface area contributed by atoms with E-state index < -0.39 is 17.4 Å². The lowest BCUT2D eigenvalue weighted by atomic mass is 10.0. The third-order valence-corrected chi connectivity index (χ3v) is 4.23. The van der Waals surface area contributed by atoms with Crippen molar-refractivity contribution in [2.75, 3.05) is 6.61 Å². The van der Waals surface area contributed by atoms with Crippen molar-refractivity contribution >= 4 is 12.0 Å². The molecule has 2 aromatic rings. The number of halogens is 2. The molecular formula is C26H29F2NO2. The fourth-order valence-electron chi connectivity index (χ4n) is 2.60. The zero-order valence-corrected chi connectivity index (χ0v) is 18.3. The first-order valence-electron chi connectivity index (χ1n) is 10.2. The number of benzene rings is 2. The molecule has 1 N–H and O–H groups in total. The molecule has 2 aromatic carbocycles. The molecule has 0 aliphatic carbocycles. The molecule has 0 saturated carbocycles. The molecule has 3 nitrogen and oxygen atoms in total. The predicted molar refractivity (Wildman–Crippen MR) is 123 cm³/mol. The van der Waals surface area contributed by atoms with Gasteiger partial charge in [-0.1, -0.05) is 50.8 Å². The van der Waals surface area contributed by atoms with Crippen LogP contribution in [0, 0.1) is 30.9 Å². The number of carbonyl (C=O) groups is 1. The van der Waals surface area contributed by atoms with Crippen LogP contribution in [0.1, 0.15) is 53.7 Å². The minimum Gasteiger partial charge on any atom is -0.488 e. The van der Waals surface area contributed by atoms with Crippen molar-refractivity contribution in [2.24, 2.45) is 0 Å². The molecule has 0 unspecified atom stereocenters. The fourth-order valence-corrected chi connectivity index (χ4v) is 2.60. The Labute approximate surface area is 183 Å². The second-order valence-corrected chi connectivity index (χ2v) is 6.35. The summed E-state index contributed by atoms with van der Waals surface area (Å²) >= 11 is 0. The summed E-state index contributed by atoms with van der Waals surface area (Å²) in [5.74, 6) is -0.00758. The number of unbranched alkanes of at least 4 members (excludes halogenated alkanes) is 1. The first-order chi connectivity index (χ1) is 15.0. The Kier molecular flexibility index (Phi) is 11.4. The molecule has 0 aromatic heterocycles. The molecule has 164 valence electrons. The van der Waals surface area contributed by atoms with Gasteiger partial charge in [0.2, 0.25) is 0 Å². The highest BCUT2D eigenvalue weighted by molar-refractivity contribution is 5.94. The van der Waals surface area contributed by atoms with Crippen molar-refractivity contribution < 1.29 is 18.3 Å². The standard InChI is InChI=1S/C24H23F2NO2.C2H6/c1-4-6-8-14-29-23-21(25)13-12-20(22(23)26)16-27-24(28)19-11-10-17(3)18(15-19)9-7-5-2;1-2/h1,5,7,9-13,15H,2,6,8,14,16H2,3H3,(H,27,28);1-2H3/b9-7-;. The molecule has 0 bridgehead atoms. The van der Waals surface area contributed by atoms with Crippen molar-refractivity contribution in [2.45, 2.75) is 40.2 Å². The Balaban J connectivity index is 0.00000233. The van der Waals surface area contributed by atoms with Gasteiger partial charge in [0.25, 0.3) is 5.91 Å². The lowest BCUT2D eigenvalue weighted by molar-refractivity contribution is 0.0950. The molecule has 0 aliphatic rings. The highest BCUT2D eigenvalue weighted by atomic mass is 19.1. The van der Waals surface area contributed by atoms with Gasteiger partial charge in [-0.3, -0.25) is 4.79 Å². The highest BCUT2D eigenvalue weighted by Gasteiger charge is 2.16. The van der Waals surface area contributed by atoms with Crippen LogP contribution in [-0.4, -0.2) is 12.5 Å². The van der Waals surface area contributed by atoms with Crippen LogP contribution in [0.4, 0.5) is 8.78 Å². The zero-order valence-electron chi connectivity index (χ0n) is 18.3. The minimum absolute atomic E-state index is 0.0998. The topological polar surface area (TPSA) is 38.3 Å². The number of terminal acetylenes is 1. The zero-order chi connectivity index (χ0) is 23.2. The van der Waals surface area contributed by atoms with E-state index in [2.05, 4.69) is 17.8 Å². The summed E-state index contributed by atoms with van der Waals surface area (Å²) in [6, 6.07) is 7.67. The molecule has 0 heterocycles. The molecule has 1 amide bonds. The second-order valence-electron chi connectivity index (χ2n) is 6.35. The van der Waals surface area contributed by atoms with E-state index in [1.165, 1.54) is 6.07 Å². The van der Waals surface area contributed by atoms with Crippen LogP contribution in [-0.2, 0) is 6.54 Å². The molecule has 0 radical (unpaired) electrons. The van der Waals surface area contributed by atoms with Crippen molar-refractivity contribution in [3.63, 3.8) is 0 Å². The second kappa shape index (κ2) is 13.8. The number of carbonyl (C=O) groups excluding carboxylic acids is 1. The third kappa shape index (κ3) is 7.75. The first-order valence-corrected chi connectivity index (χ1v) is 10.2. The Morgan fingerprint density at radius 3 is 2.68 bits per heavy atom. The smallest absolute Gasteiger partial charge is 0.251 e. The molecule has 0 saturated heterocycles. The summed E-state index contributed by atoms with van der Waals surface area (Å²) in [6.45, 7) is 9.57. The van der Waals surface area contributed by atoms with Gasteiger partial charge < -0.3 is 10.1 Å². The summed E-state index contributed by atoms with van der Waals surface area (Å²) in [7, 11) is 0. The Morgan fingerprint density at radius 2 is 2.00 bits per heavy atom. The lowest BCUT2D eigenvalue weighted by Gasteiger charge is -2.12. The van der Waals surface area contributed by atoms with Gasteiger partial charge in [-0.25, -0.2) is 8.78 Å². The molecule has 31 heavy (non-hydrogen) atoms. The Morgan fingerprint density at radius 1 is 1.26 bits per heavy atom. The lowest BCUT2D eigenvalue weighted by Crippen LogP contribution is -2.23. The Hall–Kier alpha value is -3.39. The van der Waals surface area contributed by atoms with E-state index in [0.29, 0.717) is 18.4 Å².